The van der Waals surface area contributed by atoms with Gasteiger partial charge in [0.1, 0.15) is 12.3 Å². The quantitative estimate of drug-likeness (QED) is 0.630. The molecule has 7 nitrogen and oxygen atoms in total. The highest BCUT2D eigenvalue weighted by atomic mass is 32.2. The molecule has 156 valence electrons. The molecule has 8 heteroatoms. The van der Waals surface area contributed by atoms with E-state index in [1.54, 1.807) is 30.3 Å². The summed E-state index contributed by atoms with van der Waals surface area (Å²) in [5.41, 5.74) is 1.63. The standard InChI is InChI=1S/C22H22N2O5S/c1-29-18-10-6-5-9-16(18)12-19-21(27)24(22(28)30-19)13-20(26)23-17(14-25)11-15-7-3-2-4-8-15/h2-10,12,17,25H,11,13-14H2,1H3,(H,23,26)/b19-12-. The number of carbonyl (C=O) groups is 3. The number of nitrogens with one attached hydrogen (secondary N) is 1. The molecule has 0 aliphatic carbocycles. The van der Waals surface area contributed by atoms with Gasteiger partial charge in [-0.25, -0.2) is 0 Å². The van der Waals surface area contributed by atoms with Gasteiger partial charge in [-0.15, -0.1) is 0 Å². The van der Waals surface area contributed by atoms with Crippen LogP contribution in [0.4, 0.5) is 4.79 Å². The van der Waals surface area contributed by atoms with Crippen LogP contribution < -0.4 is 10.1 Å². The molecule has 0 spiro atoms. The van der Waals surface area contributed by atoms with Crippen molar-refractivity contribution in [1.29, 1.82) is 0 Å². The molecule has 2 aromatic rings. The summed E-state index contributed by atoms with van der Waals surface area (Å²) in [6.07, 6.45) is 2.02. The van der Waals surface area contributed by atoms with Gasteiger partial charge in [-0.05, 0) is 35.9 Å². The Kier molecular flexibility index (Phi) is 7.26. The van der Waals surface area contributed by atoms with E-state index in [1.165, 1.54) is 7.11 Å². The van der Waals surface area contributed by atoms with Crippen molar-refractivity contribution in [3.8, 4) is 5.75 Å². The highest BCUT2D eigenvalue weighted by Gasteiger charge is 2.36. The number of thioether (sulfide) groups is 1. The lowest BCUT2D eigenvalue weighted by Crippen LogP contribution is -2.45. The highest BCUT2D eigenvalue weighted by Crippen LogP contribution is 2.33. The van der Waals surface area contributed by atoms with Crippen LogP contribution >= 0.6 is 11.8 Å². The normalized spacial score (nSPS) is 16.1. The molecule has 1 aliphatic heterocycles. The second-order valence-corrected chi connectivity index (χ2v) is 7.64. The number of aliphatic hydroxyl groups is 1. The molecule has 0 radical (unpaired) electrons. The second kappa shape index (κ2) is 10.1. The SMILES string of the molecule is COc1ccccc1/C=C1\SC(=O)N(CC(=O)NC(CO)Cc2ccccc2)C1=O. The molecule has 30 heavy (non-hydrogen) atoms. The fraction of sp³-hybridized carbons (Fsp3) is 0.227. The Morgan fingerprint density at radius 2 is 1.87 bits per heavy atom. The first-order valence-electron chi connectivity index (χ1n) is 9.34. The van der Waals surface area contributed by atoms with Crippen molar-refractivity contribution in [3.05, 3.63) is 70.6 Å². The monoisotopic (exact) mass is 426 g/mol. The molecule has 3 amide bonds. The number of para-hydroxylation sites is 1. The summed E-state index contributed by atoms with van der Waals surface area (Å²) in [7, 11) is 1.52. The van der Waals surface area contributed by atoms with E-state index < -0.39 is 29.6 Å². The Morgan fingerprint density at radius 1 is 1.17 bits per heavy atom. The Hall–Kier alpha value is -3.10. The lowest BCUT2D eigenvalue weighted by Gasteiger charge is -2.18. The predicted molar refractivity (Wildman–Crippen MR) is 115 cm³/mol. The molecule has 1 heterocycles. The number of hydrogen-bond donors (Lipinski definition) is 2. The van der Waals surface area contributed by atoms with Crippen molar-refractivity contribution >= 4 is 34.9 Å². The molecule has 2 aromatic carbocycles. The number of aliphatic hydroxyl groups excluding tert-OH is 1. The van der Waals surface area contributed by atoms with Crippen molar-refractivity contribution in [2.45, 2.75) is 12.5 Å². The van der Waals surface area contributed by atoms with Crippen LogP contribution in [0.15, 0.2) is 59.5 Å². The van der Waals surface area contributed by atoms with Crippen LogP contribution in [0.1, 0.15) is 11.1 Å². The minimum atomic E-state index is -0.533. The van der Waals surface area contributed by atoms with Gasteiger partial charge in [0, 0.05) is 5.56 Å². The van der Waals surface area contributed by atoms with E-state index in [1.807, 2.05) is 30.3 Å². The zero-order valence-corrected chi connectivity index (χ0v) is 17.2. The van der Waals surface area contributed by atoms with Gasteiger partial charge in [0.15, 0.2) is 0 Å². The van der Waals surface area contributed by atoms with E-state index in [-0.39, 0.29) is 11.5 Å². The van der Waals surface area contributed by atoms with Crippen LogP contribution in [0, 0.1) is 0 Å². The summed E-state index contributed by atoms with van der Waals surface area (Å²) in [5, 5.41) is 11.7. The van der Waals surface area contributed by atoms with Crippen LogP contribution in [0.25, 0.3) is 6.08 Å². The van der Waals surface area contributed by atoms with Gasteiger partial charge >= 0.3 is 0 Å². The zero-order valence-electron chi connectivity index (χ0n) is 16.4. The number of amides is 3. The Morgan fingerprint density at radius 3 is 2.57 bits per heavy atom. The molecule has 2 N–H and O–H groups in total. The van der Waals surface area contributed by atoms with E-state index in [0.29, 0.717) is 17.7 Å². The van der Waals surface area contributed by atoms with Gasteiger partial charge in [0.2, 0.25) is 5.91 Å². The number of hydrogen-bond acceptors (Lipinski definition) is 6. The van der Waals surface area contributed by atoms with Crippen molar-refractivity contribution < 1.29 is 24.2 Å². The maximum absolute atomic E-state index is 12.6. The van der Waals surface area contributed by atoms with Crippen LogP contribution in [-0.2, 0) is 16.0 Å². The topological polar surface area (TPSA) is 95.9 Å². The lowest BCUT2D eigenvalue weighted by atomic mass is 10.1. The summed E-state index contributed by atoms with van der Waals surface area (Å²) < 4.78 is 5.26. The minimum absolute atomic E-state index is 0.222. The number of carbonyl (C=O) groups excluding carboxylic acids is 3. The molecule has 1 saturated heterocycles. The van der Waals surface area contributed by atoms with E-state index in [4.69, 9.17) is 4.74 Å². The van der Waals surface area contributed by atoms with Gasteiger partial charge in [-0.3, -0.25) is 19.3 Å². The highest BCUT2D eigenvalue weighted by molar-refractivity contribution is 8.18. The molecule has 1 unspecified atom stereocenters. The number of benzene rings is 2. The Labute approximate surface area is 178 Å². The van der Waals surface area contributed by atoms with E-state index in [0.717, 1.165) is 22.2 Å². The molecule has 1 aliphatic rings. The number of rotatable bonds is 8. The Balaban J connectivity index is 1.64. The molecule has 1 atom stereocenters. The summed E-state index contributed by atoms with van der Waals surface area (Å²) in [6, 6.07) is 16.0. The van der Waals surface area contributed by atoms with Crippen LogP contribution in [0.5, 0.6) is 5.75 Å². The second-order valence-electron chi connectivity index (χ2n) is 6.65. The first-order valence-corrected chi connectivity index (χ1v) is 10.2. The number of methoxy groups -OCH3 is 1. The molecular weight excluding hydrogens is 404 g/mol. The average Bonchev–Trinajstić information content (AvgIpc) is 3.01. The largest absolute Gasteiger partial charge is 0.496 e. The van der Waals surface area contributed by atoms with Gasteiger partial charge in [0.25, 0.3) is 11.1 Å². The lowest BCUT2D eigenvalue weighted by molar-refractivity contribution is -0.129. The summed E-state index contributed by atoms with van der Waals surface area (Å²) in [4.78, 5) is 38.5. The molecule has 3 rings (SSSR count). The van der Waals surface area contributed by atoms with Gasteiger partial charge < -0.3 is 15.2 Å². The third-order valence-corrected chi connectivity index (χ3v) is 5.42. The van der Waals surface area contributed by atoms with Crippen LogP contribution in [0.2, 0.25) is 0 Å². The van der Waals surface area contributed by atoms with Crippen molar-refractivity contribution in [3.63, 3.8) is 0 Å². The fourth-order valence-corrected chi connectivity index (χ4v) is 3.87. The van der Waals surface area contributed by atoms with Gasteiger partial charge in [0.05, 0.1) is 24.7 Å². The van der Waals surface area contributed by atoms with E-state index >= 15 is 0 Å². The van der Waals surface area contributed by atoms with Crippen LogP contribution in [0.3, 0.4) is 0 Å². The molecule has 1 fully saturated rings. The van der Waals surface area contributed by atoms with Crippen LogP contribution in [-0.4, -0.2) is 53.4 Å². The average molecular weight is 426 g/mol. The van der Waals surface area contributed by atoms with Gasteiger partial charge in [-0.1, -0.05) is 48.5 Å². The first kappa shape index (κ1) is 21.6. The third kappa shape index (κ3) is 5.28. The van der Waals surface area contributed by atoms with Gasteiger partial charge in [-0.2, -0.15) is 0 Å². The van der Waals surface area contributed by atoms with E-state index in [9.17, 15) is 19.5 Å². The third-order valence-electron chi connectivity index (χ3n) is 4.51. The minimum Gasteiger partial charge on any atom is -0.496 e. The predicted octanol–water partition coefficient (Wildman–Crippen LogP) is 2.45. The number of imide groups is 1. The number of nitrogens with zero attached hydrogens (tertiary/aromatic N) is 1. The van der Waals surface area contributed by atoms with Crippen molar-refractivity contribution in [2.24, 2.45) is 0 Å². The maximum Gasteiger partial charge on any atom is 0.294 e. The fourth-order valence-electron chi connectivity index (χ4n) is 3.04. The molecule has 0 saturated carbocycles. The Bertz CT molecular complexity index is 961. The maximum atomic E-state index is 12.6. The first-order chi connectivity index (χ1) is 14.5. The summed E-state index contributed by atoms with van der Waals surface area (Å²) in [6.45, 7) is -0.657. The summed E-state index contributed by atoms with van der Waals surface area (Å²) >= 11 is 0.779. The van der Waals surface area contributed by atoms with E-state index in [2.05, 4.69) is 5.32 Å². The number of ether oxygens (including phenoxy) is 1. The van der Waals surface area contributed by atoms with Crippen molar-refractivity contribution in [2.75, 3.05) is 20.3 Å². The zero-order chi connectivity index (χ0) is 21.5. The van der Waals surface area contributed by atoms with Crippen molar-refractivity contribution in [1.82, 2.24) is 10.2 Å². The molecule has 0 aromatic heterocycles. The summed E-state index contributed by atoms with van der Waals surface area (Å²) in [5.74, 6) is -0.464. The molecular formula is C22H22N2O5S. The molecule has 0 bridgehead atoms. The smallest absolute Gasteiger partial charge is 0.294 e.